The highest BCUT2D eigenvalue weighted by Crippen LogP contribution is 2.03. The van der Waals surface area contributed by atoms with Crippen LogP contribution in [0.25, 0.3) is 5.52 Å². The van der Waals surface area contributed by atoms with Gasteiger partial charge in [-0.05, 0) is 12.1 Å². The number of nitriles is 1. The van der Waals surface area contributed by atoms with Crippen LogP contribution in [-0.2, 0) is 0 Å². The maximum Gasteiger partial charge on any atom is 0.142 e. The first kappa shape index (κ1) is 5.86. The van der Waals surface area contributed by atoms with Gasteiger partial charge in [0.05, 0.1) is 11.7 Å². The highest BCUT2D eigenvalue weighted by atomic mass is 15.2. The van der Waals surface area contributed by atoms with Crippen LogP contribution in [0.3, 0.4) is 0 Å². The van der Waals surface area contributed by atoms with Crippen LogP contribution in [0.2, 0.25) is 0 Å². The number of nitrogens with zero attached hydrogens (tertiary/aromatic N) is 4. The normalized spacial score (nSPS) is 9.73. The Bertz CT molecular complexity index is 423. The Morgan fingerprint density at radius 3 is 3.18 bits per heavy atom. The van der Waals surface area contributed by atoms with Crippen LogP contribution >= 0.6 is 0 Å². The maximum atomic E-state index is 8.59. The standard InChI is InChI=1S/C7H4N4/c8-3-6-1-2-7-4-9-5-10-11(6)7/h1-2,4-5H. The van der Waals surface area contributed by atoms with Gasteiger partial charge in [-0.15, -0.1) is 0 Å². The molecule has 0 saturated carbocycles. The second-order valence-corrected chi connectivity index (χ2v) is 2.08. The lowest BCUT2D eigenvalue weighted by molar-refractivity contribution is 0.890. The third kappa shape index (κ3) is 0.749. The van der Waals surface area contributed by atoms with E-state index in [4.69, 9.17) is 5.26 Å². The molecule has 0 spiro atoms. The van der Waals surface area contributed by atoms with Crippen molar-refractivity contribution in [3.63, 3.8) is 0 Å². The Labute approximate surface area is 62.7 Å². The molecule has 0 amide bonds. The van der Waals surface area contributed by atoms with Crippen LogP contribution in [0.5, 0.6) is 0 Å². The molecule has 4 nitrogen and oxygen atoms in total. The Hall–Kier alpha value is -1.89. The molecule has 0 radical (unpaired) electrons. The summed E-state index contributed by atoms with van der Waals surface area (Å²) in [5.74, 6) is 0. The van der Waals surface area contributed by atoms with Gasteiger partial charge < -0.3 is 0 Å². The minimum atomic E-state index is 0.530. The molecule has 0 aromatic carbocycles. The van der Waals surface area contributed by atoms with Crippen molar-refractivity contribution in [2.24, 2.45) is 0 Å². The maximum absolute atomic E-state index is 8.59. The summed E-state index contributed by atoms with van der Waals surface area (Å²) in [4.78, 5) is 3.82. The summed E-state index contributed by atoms with van der Waals surface area (Å²) in [6.45, 7) is 0. The summed E-state index contributed by atoms with van der Waals surface area (Å²) in [7, 11) is 0. The number of fused-ring (bicyclic) bond motifs is 1. The van der Waals surface area contributed by atoms with E-state index in [-0.39, 0.29) is 0 Å². The molecular formula is C7H4N4. The lowest BCUT2D eigenvalue weighted by Crippen LogP contribution is -1.93. The summed E-state index contributed by atoms with van der Waals surface area (Å²) >= 11 is 0. The van der Waals surface area contributed by atoms with E-state index in [0.717, 1.165) is 5.52 Å². The Morgan fingerprint density at radius 2 is 2.36 bits per heavy atom. The van der Waals surface area contributed by atoms with Gasteiger partial charge >= 0.3 is 0 Å². The molecule has 0 saturated heterocycles. The molecule has 2 heterocycles. The lowest BCUT2D eigenvalue weighted by atomic mass is 10.5. The first-order valence-corrected chi connectivity index (χ1v) is 3.09. The van der Waals surface area contributed by atoms with E-state index in [0.29, 0.717) is 5.69 Å². The molecule has 0 N–H and O–H groups in total. The van der Waals surface area contributed by atoms with E-state index in [9.17, 15) is 0 Å². The SMILES string of the molecule is N#Cc1ccc2cncnn12. The van der Waals surface area contributed by atoms with Gasteiger partial charge in [0.25, 0.3) is 0 Å². The number of aromatic nitrogens is 3. The van der Waals surface area contributed by atoms with Gasteiger partial charge in [0.2, 0.25) is 0 Å². The minimum absolute atomic E-state index is 0.530. The molecule has 0 bridgehead atoms. The molecule has 4 heteroatoms. The molecule has 52 valence electrons. The zero-order chi connectivity index (χ0) is 7.68. The summed E-state index contributed by atoms with van der Waals surface area (Å²) < 4.78 is 1.55. The fourth-order valence-corrected chi connectivity index (χ4v) is 0.947. The van der Waals surface area contributed by atoms with Crippen molar-refractivity contribution in [3.8, 4) is 6.07 Å². The average molecular weight is 144 g/mol. The first-order valence-electron chi connectivity index (χ1n) is 3.09. The summed E-state index contributed by atoms with van der Waals surface area (Å²) in [5.41, 5.74) is 1.37. The topological polar surface area (TPSA) is 54.0 Å². The highest BCUT2D eigenvalue weighted by molar-refractivity contribution is 5.48. The fraction of sp³-hybridized carbons (Fsp3) is 0. The van der Waals surface area contributed by atoms with Crippen molar-refractivity contribution >= 4 is 5.52 Å². The molecular weight excluding hydrogens is 140 g/mol. The van der Waals surface area contributed by atoms with Crippen LogP contribution in [0.15, 0.2) is 24.7 Å². The molecule has 2 aromatic heterocycles. The molecule has 0 aliphatic carbocycles. The predicted molar refractivity (Wildman–Crippen MR) is 37.7 cm³/mol. The quantitative estimate of drug-likeness (QED) is 0.544. The highest BCUT2D eigenvalue weighted by Gasteiger charge is 1.98. The van der Waals surface area contributed by atoms with Crippen molar-refractivity contribution in [1.82, 2.24) is 14.6 Å². The van der Waals surface area contributed by atoms with E-state index >= 15 is 0 Å². The predicted octanol–water partition coefficient (Wildman–Crippen LogP) is 0.601. The van der Waals surface area contributed by atoms with Crippen molar-refractivity contribution in [2.45, 2.75) is 0 Å². The zero-order valence-corrected chi connectivity index (χ0v) is 5.60. The van der Waals surface area contributed by atoms with Gasteiger partial charge in [-0.1, -0.05) is 0 Å². The third-order valence-electron chi connectivity index (χ3n) is 1.44. The largest absolute Gasteiger partial charge is 0.241 e. The summed E-state index contributed by atoms with van der Waals surface area (Å²) in [6, 6.07) is 5.54. The Kier molecular flexibility index (Phi) is 1.10. The van der Waals surface area contributed by atoms with Gasteiger partial charge in [0.1, 0.15) is 18.1 Å². The van der Waals surface area contributed by atoms with E-state index in [2.05, 4.69) is 10.1 Å². The molecule has 0 unspecified atom stereocenters. The average Bonchev–Trinajstić information content (AvgIpc) is 2.47. The van der Waals surface area contributed by atoms with Crippen molar-refractivity contribution in [1.29, 1.82) is 5.26 Å². The lowest BCUT2D eigenvalue weighted by Gasteiger charge is -1.89. The van der Waals surface area contributed by atoms with Crippen LogP contribution in [0.1, 0.15) is 5.69 Å². The van der Waals surface area contributed by atoms with E-state index in [1.807, 2.05) is 6.07 Å². The Balaban J connectivity index is 2.89. The molecule has 0 aliphatic rings. The monoisotopic (exact) mass is 144 g/mol. The van der Waals surface area contributed by atoms with Gasteiger partial charge in [0, 0.05) is 0 Å². The van der Waals surface area contributed by atoms with Crippen molar-refractivity contribution < 1.29 is 0 Å². The fourth-order valence-electron chi connectivity index (χ4n) is 0.947. The molecule has 2 aromatic rings. The minimum Gasteiger partial charge on any atom is -0.241 e. The zero-order valence-electron chi connectivity index (χ0n) is 5.60. The second kappa shape index (κ2) is 2.06. The summed E-state index contributed by atoms with van der Waals surface area (Å²) in [5, 5.41) is 12.5. The van der Waals surface area contributed by atoms with Crippen LogP contribution in [0, 0.1) is 11.3 Å². The van der Waals surface area contributed by atoms with Crippen LogP contribution in [0.4, 0.5) is 0 Å². The number of hydrogen-bond donors (Lipinski definition) is 0. The number of rotatable bonds is 0. The van der Waals surface area contributed by atoms with E-state index in [1.54, 1.807) is 22.8 Å². The van der Waals surface area contributed by atoms with E-state index < -0.39 is 0 Å². The van der Waals surface area contributed by atoms with Gasteiger partial charge in [0.15, 0.2) is 0 Å². The second-order valence-electron chi connectivity index (χ2n) is 2.08. The molecule has 2 rings (SSSR count). The molecule has 0 fully saturated rings. The molecule has 11 heavy (non-hydrogen) atoms. The Morgan fingerprint density at radius 1 is 1.45 bits per heavy atom. The van der Waals surface area contributed by atoms with Crippen LogP contribution < -0.4 is 0 Å². The number of hydrogen-bond acceptors (Lipinski definition) is 3. The summed E-state index contributed by atoms with van der Waals surface area (Å²) in [6.07, 6.45) is 3.07. The van der Waals surface area contributed by atoms with Crippen molar-refractivity contribution in [3.05, 3.63) is 30.4 Å². The molecule has 0 aliphatic heterocycles. The third-order valence-corrected chi connectivity index (χ3v) is 1.44. The van der Waals surface area contributed by atoms with Gasteiger partial charge in [-0.3, -0.25) is 0 Å². The van der Waals surface area contributed by atoms with Gasteiger partial charge in [-0.25, -0.2) is 9.50 Å². The molecule has 0 atom stereocenters. The van der Waals surface area contributed by atoms with Crippen molar-refractivity contribution in [2.75, 3.05) is 0 Å². The first-order chi connectivity index (χ1) is 5.42. The van der Waals surface area contributed by atoms with Gasteiger partial charge in [-0.2, -0.15) is 10.4 Å². The smallest absolute Gasteiger partial charge is 0.142 e. The van der Waals surface area contributed by atoms with Crippen LogP contribution in [-0.4, -0.2) is 14.6 Å². The van der Waals surface area contributed by atoms with E-state index in [1.165, 1.54) is 6.33 Å².